The van der Waals surface area contributed by atoms with E-state index >= 15 is 0 Å². The van der Waals surface area contributed by atoms with Gasteiger partial charge in [-0.1, -0.05) is 19.3 Å². The van der Waals surface area contributed by atoms with Crippen LogP contribution in [0.1, 0.15) is 51.9 Å². The van der Waals surface area contributed by atoms with Crippen LogP contribution in [0.15, 0.2) is 0 Å². The van der Waals surface area contributed by atoms with Gasteiger partial charge in [-0.25, -0.2) is 0 Å². The van der Waals surface area contributed by atoms with Crippen molar-refractivity contribution in [1.82, 2.24) is 9.80 Å². The molecule has 19 heavy (non-hydrogen) atoms. The van der Waals surface area contributed by atoms with Gasteiger partial charge in [-0.2, -0.15) is 0 Å². The highest BCUT2D eigenvalue weighted by Crippen LogP contribution is 2.35. The Bertz CT molecular complexity index is 313. The van der Waals surface area contributed by atoms with Crippen LogP contribution >= 0.6 is 0 Å². The average Bonchev–Trinajstić information content (AvgIpc) is 3.31. The third-order valence-corrected chi connectivity index (χ3v) is 5.46. The van der Waals surface area contributed by atoms with Gasteiger partial charge in [0.25, 0.3) is 0 Å². The summed E-state index contributed by atoms with van der Waals surface area (Å²) in [6.07, 6.45) is 8.96. The van der Waals surface area contributed by atoms with Gasteiger partial charge in [0.1, 0.15) is 0 Å². The SMILES string of the molecule is CC(C1CC1)N1CCN(C(=O)C2CCCCC2)CC1. The molecule has 108 valence electrons. The molecule has 0 aromatic heterocycles. The van der Waals surface area contributed by atoms with E-state index in [1.807, 2.05) is 0 Å². The molecule has 0 spiro atoms. The van der Waals surface area contributed by atoms with E-state index in [1.165, 1.54) is 32.1 Å². The summed E-state index contributed by atoms with van der Waals surface area (Å²) in [6.45, 7) is 6.49. The number of amides is 1. The number of hydrogen-bond donors (Lipinski definition) is 0. The molecule has 1 unspecified atom stereocenters. The highest BCUT2D eigenvalue weighted by Gasteiger charge is 2.35. The quantitative estimate of drug-likeness (QED) is 0.782. The third-order valence-electron chi connectivity index (χ3n) is 5.46. The highest BCUT2D eigenvalue weighted by atomic mass is 16.2. The Hall–Kier alpha value is -0.570. The molecule has 0 radical (unpaired) electrons. The normalized spacial score (nSPS) is 28.4. The molecule has 1 amide bonds. The van der Waals surface area contributed by atoms with Crippen molar-refractivity contribution in [3.8, 4) is 0 Å². The molecule has 2 saturated carbocycles. The zero-order valence-electron chi connectivity index (χ0n) is 12.3. The standard InChI is InChI=1S/C16H28N2O/c1-13(14-7-8-14)17-9-11-18(12-10-17)16(19)15-5-3-2-4-6-15/h13-15H,2-12H2,1H3. The molecule has 3 fully saturated rings. The van der Waals surface area contributed by atoms with Crippen molar-refractivity contribution in [2.75, 3.05) is 26.2 Å². The maximum atomic E-state index is 12.5. The Morgan fingerprint density at radius 1 is 0.947 bits per heavy atom. The van der Waals surface area contributed by atoms with Gasteiger partial charge >= 0.3 is 0 Å². The maximum Gasteiger partial charge on any atom is 0.225 e. The predicted molar refractivity (Wildman–Crippen MR) is 76.9 cm³/mol. The van der Waals surface area contributed by atoms with E-state index in [1.54, 1.807) is 0 Å². The Morgan fingerprint density at radius 2 is 1.58 bits per heavy atom. The topological polar surface area (TPSA) is 23.6 Å². The van der Waals surface area contributed by atoms with E-state index in [2.05, 4.69) is 16.7 Å². The first-order valence-electron chi connectivity index (χ1n) is 8.28. The summed E-state index contributed by atoms with van der Waals surface area (Å²) in [4.78, 5) is 17.2. The molecule has 0 bridgehead atoms. The summed E-state index contributed by atoms with van der Waals surface area (Å²) in [5.41, 5.74) is 0. The van der Waals surface area contributed by atoms with E-state index in [0.29, 0.717) is 11.8 Å². The molecule has 1 heterocycles. The van der Waals surface area contributed by atoms with Crippen molar-refractivity contribution >= 4 is 5.91 Å². The lowest BCUT2D eigenvalue weighted by molar-refractivity contribution is -0.138. The number of nitrogens with zero attached hydrogens (tertiary/aromatic N) is 2. The van der Waals surface area contributed by atoms with E-state index in [-0.39, 0.29) is 0 Å². The second-order valence-electron chi connectivity index (χ2n) is 6.77. The molecule has 1 atom stereocenters. The summed E-state index contributed by atoms with van der Waals surface area (Å²) < 4.78 is 0. The Morgan fingerprint density at radius 3 is 2.16 bits per heavy atom. The molecule has 0 aromatic carbocycles. The van der Waals surface area contributed by atoms with Crippen LogP contribution in [0, 0.1) is 11.8 Å². The fourth-order valence-electron chi connectivity index (χ4n) is 3.83. The fourth-order valence-corrected chi connectivity index (χ4v) is 3.83. The van der Waals surface area contributed by atoms with Crippen LogP contribution in [-0.2, 0) is 4.79 Å². The number of carbonyl (C=O) groups excluding carboxylic acids is 1. The van der Waals surface area contributed by atoms with Gasteiger partial charge in [-0.05, 0) is 38.5 Å². The second kappa shape index (κ2) is 5.82. The van der Waals surface area contributed by atoms with Gasteiger partial charge in [0, 0.05) is 38.1 Å². The van der Waals surface area contributed by atoms with E-state index in [0.717, 1.165) is 51.0 Å². The summed E-state index contributed by atoms with van der Waals surface area (Å²) in [6, 6.07) is 0.743. The average molecular weight is 264 g/mol. The zero-order chi connectivity index (χ0) is 13.2. The monoisotopic (exact) mass is 264 g/mol. The molecule has 1 saturated heterocycles. The van der Waals surface area contributed by atoms with Gasteiger partial charge in [-0.3, -0.25) is 9.69 Å². The third kappa shape index (κ3) is 3.13. The molecule has 3 rings (SSSR count). The predicted octanol–water partition coefficient (Wildman–Crippen LogP) is 2.51. The minimum absolute atomic E-state index is 0.348. The summed E-state index contributed by atoms with van der Waals surface area (Å²) >= 11 is 0. The van der Waals surface area contributed by atoms with Crippen LogP contribution in [0.5, 0.6) is 0 Å². The zero-order valence-corrected chi connectivity index (χ0v) is 12.3. The van der Waals surface area contributed by atoms with E-state index < -0.39 is 0 Å². The van der Waals surface area contributed by atoms with Crippen molar-refractivity contribution in [2.45, 2.75) is 57.9 Å². The minimum atomic E-state index is 0.348. The van der Waals surface area contributed by atoms with E-state index in [4.69, 9.17) is 0 Å². The van der Waals surface area contributed by atoms with E-state index in [9.17, 15) is 4.79 Å². The van der Waals surface area contributed by atoms with Crippen molar-refractivity contribution in [1.29, 1.82) is 0 Å². The van der Waals surface area contributed by atoms with Crippen molar-refractivity contribution in [2.24, 2.45) is 11.8 Å². The van der Waals surface area contributed by atoms with Crippen LogP contribution in [0.2, 0.25) is 0 Å². The van der Waals surface area contributed by atoms with Crippen LogP contribution in [-0.4, -0.2) is 47.9 Å². The molecule has 3 heteroatoms. The molecule has 3 aliphatic rings. The molecule has 2 aliphatic carbocycles. The number of hydrogen-bond acceptors (Lipinski definition) is 2. The lowest BCUT2D eigenvalue weighted by Gasteiger charge is -2.39. The largest absolute Gasteiger partial charge is 0.340 e. The Kier molecular flexibility index (Phi) is 4.11. The van der Waals surface area contributed by atoms with Gasteiger partial charge in [0.15, 0.2) is 0 Å². The molecule has 1 aliphatic heterocycles. The lowest BCUT2D eigenvalue weighted by atomic mass is 9.88. The lowest BCUT2D eigenvalue weighted by Crippen LogP contribution is -2.53. The summed E-state index contributed by atoms with van der Waals surface area (Å²) in [5, 5.41) is 0. The first-order chi connectivity index (χ1) is 9.25. The van der Waals surface area contributed by atoms with Gasteiger partial charge < -0.3 is 4.90 Å². The Labute approximate surface area is 117 Å². The first kappa shape index (κ1) is 13.4. The molecular weight excluding hydrogens is 236 g/mol. The van der Waals surface area contributed by atoms with Crippen LogP contribution in [0.25, 0.3) is 0 Å². The summed E-state index contributed by atoms with van der Waals surface area (Å²) in [7, 11) is 0. The first-order valence-corrected chi connectivity index (χ1v) is 8.28. The number of rotatable bonds is 3. The number of carbonyl (C=O) groups is 1. The minimum Gasteiger partial charge on any atom is -0.340 e. The van der Waals surface area contributed by atoms with Crippen LogP contribution < -0.4 is 0 Å². The van der Waals surface area contributed by atoms with Gasteiger partial charge in [-0.15, -0.1) is 0 Å². The molecule has 0 aromatic rings. The van der Waals surface area contributed by atoms with Crippen molar-refractivity contribution < 1.29 is 4.79 Å². The van der Waals surface area contributed by atoms with Crippen LogP contribution in [0.3, 0.4) is 0 Å². The van der Waals surface area contributed by atoms with Crippen molar-refractivity contribution in [3.63, 3.8) is 0 Å². The van der Waals surface area contributed by atoms with Gasteiger partial charge in [0.05, 0.1) is 0 Å². The smallest absolute Gasteiger partial charge is 0.225 e. The van der Waals surface area contributed by atoms with Gasteiger partial charge in [0.2, 0.25) is 5.91 Å². The molecule has 0 N–H and O–H groups in total. The summed E-state index contributed by atoms with van der Waals surface area (Å²) in [5.74, 6) is 1.75. The fraction of sp³-hybridized carbons (Fsp3) is 0.938. The molecular formula is C16H28N2O. The maximum absolute atomic E-state index is 12.5. The number of piperazine rings is 1. The second-order valence-corrected chi connectivity index (χ2v) is 6.77. The Balaban J connectivity index is 1.47. The van der Waals surface area contributed by atoms with Crippen LogP contribution in [0.4, 0.5) is 0 Å². The van der Waals surface area contributed by atoms with Crippen molar-refractivity contribution in [3.05, 3.63) is 0 Å². The molecule has 3 nitrogen and oxygen atoms in total. The highest BCUT2D eigenvalue weighted by molar-refractivity contribution is 5.79.